The molecule has 0 radical (unpaired) electrons. The van der Waals surface area contributed by atoms with Gasteiger partial charge in [0, 0.05) is 30.7 Å². The van der Waals surface area contributed by atoms with Crippen molar-refractivity contribution in [1.29, 1.82) is 0 Å². The van der Waals surface area contributed by atoms with E-state index in [0.29, 0.717) is 12.3 Å². The number of nitrogens with zero attached hydrogens (tertiary/aromatic N) is 4. The van der Waals surface area contributed by atoms with Crippen molar-refractivity contribution in [3.63, 3.8) is 0 Å². The standard InChI is InChI=1S/C21H36N7O16P3S/c1-21(2,16(31)19(32)24-4-3-12(29)23-5-6-48)8-41-47(38,39)44-46(36,37)40-7-11-15(43-45(33,34)35)14(30)20(42-11)28-10-27-13-17(22)25-9-26-18(13)28/h9-11,14-16,20,30-31,48H,3-8H2,1-2H3,(H,23,29)(H,24,32)(H,36,37)(H,38,39)(H2,22,25,26)(H2,33,34,35)/p-4/t11-,14?,15?,16+,20-/m1/s1. The highest BCUT2D eigenvalue weighted by atomic mass is 32.1. The molecule has 0 aliphatic carbocycles. The molecule has 0 aromatic carbocycles. The summed E-state index contributed by atoms with van der Waals surface area (Å²) in [5.74, 6) is -1.05. The van der Waals surface area contributed by atoms with Crippen molar-refractivity contribution in [2.24, 2.45) is 5.41 Å². The number of anilines is 1. The number of aliphatic hydroxyl groups is 2. The van der Waals surface area contributed by atoms with Crippen molar-refractivity contribution < 1.29 is 75.7 Å². The van der Waals surface area contributed by atoms with E-state index in [9.17, 15) is 53.1 Å². The van der Waals surface area contributed by atoms with Crippen LogP contribution in [0, 0.1) is 5.41 Å². The molecule has 27 heteroatoms. The molecule has 0 bridgehead atoms. The lowest BCUT2D eigenvalue weighted by Crippen LogP contribution is -2.46. The molecule has 3 rings (SSSR count). The minimum Gasteiger partial charge on any atom is -0.790 e. The number of amides is 2. The fourth-order valence-corrected chi connectivity index (χ4v) is 6.96. The van der Waals surface area contributed by atoms with E-state index in [1.807, 2.05) is 0 Å². The van der Waals surface area contributed by atoms with Crippen LogP contribution in [-0.2, 0) is 45.9 Å². The Balaban J connectivity index is 1.61. The smallest absolute Gasteiger partial charge is 0.274 e. The highest BCUT2D eigenvalue weighted by Gasteiger charge is 2.47. The van der Waals surface area contributed by atoms with Gasteiger partial charge in [-0.25, -0.2) is 19.3 Å². The fraction of sp³-hybridized carbons (Fsp3) is 0.667. The topological polar surface area (TPSA) is 358 Å². The molecule has 1 aliphatic rings. The first kappa shape index (κ1) is 40.3. The second-order valence-corrected chi connectivity index (χ2v) is 15.2. The third-order valence-corrected chi connectivity index (χ3v) is 9.72. The molecular formula is C21H32N7O16P3S-4. The Morgan fingerprint density at radius 2 is 1.79 bits per heavy atom. The number of carbonyl (C=O) groups is 2. The monoisotopic (exact) mass is 763 g/mol. The van der Waals surface area contributed by atoms with Crippen LogP contribution in [0.2, 0.25) is 0 Å². The number of phosphoric acid groups is 3. The van der Waals surface area contributed by atoms with E-state index in [1.54, 1.807) is 0 Å². The fourth-order valence-electron chi connectivity index (χ4n) is 4.11. The molecule has 2 amide bonds. The summed E-state index contributed by atoms with van der Waals surface area (Å²) >= 11 is 3.94. The minimum absolute atomic E-state index is 0.0144. The first-order valence-corrected chi connectivity index (χ1v) is 18.6. The van der Waals surface area contributed by atoms with E-state index in [1.165, 1.54) is 13.8 Å². The van der Waals surface area contributed by atoms with Crippen LogP contribution in [0.15, 0.2) is 12.7 Å². The first-order valence-electron chi connectivity index (χ1n) is 13.6. The number of nitrogens with one attached hydrogen (secondary N) is 2. The summed E-state index contributed by atoms with van der Waals surface area (Å²) in [6.45, 7) is 0.324. The normalized spacial score (nSPS) is 23.4. The largest absolute Gasteiger partial charge is 0.790 e. The van der Waals surface area contributed by atoms with Gasteiger partial charge >= 0.3 is 0 Å². The van der Waals surface area contributed by atoms with Crippen molar-refractivity contribution in [3.05, 3.63) is 12.7 Å². The molecule has 1 saturated heterocycles. The van der Waals surface area contributed by atoms with Crippen molar-refractivity contribution in [3.8, 4) is 0 Å². The molecule has 1 fully saturated rings. The minimum atomic E-state index is -5.88. The molecule has 2 aromatic heterocycles. The molecule has 2 aromatic rings. The number of hydrogen-bond donors (Lipinski definition) is 6. The van der Waals surface area contributed by atoms with Gasteiger partial charge in [-0.2, -0.15) is 12.6 Å². The van der Waals surface area contributed by atoms with Crippen LogP contribution in [0.4, 0.5) is 5.82 Å². The Labute approximate surface area is 277 Å². The predicted molar refractivity (Wildman–Crippen MR) is 155 cm³/mol. The van der Waals surface area contributed by atoms with Crippen molar-refractivity contribution in [1.82, 2.24) is 30.2 Å². The van der Waals surface area contributed by atoms with Crippen LogP contribution < -0.4 is 35.9 Å². The predicted octanol–water partition coefficient (Wildman–Crippen LogP) is -4.19. The summed E-state index contributed by atoms with van der Waals surface area (Å²) in [7, 11) is -17.5. The van der Waals surface area contributed by atoms with Gasteiger partial charge in [0.2, 0.25) is 11.8 Å². The lowest BCUT2D eigenvalue weighted by molar-refractivity contribution is -0.347. The van der Waals surface area contributed by atoms with Crippen LogP contribution in [0.1, 0.15) is 26.5 Å². The molecule has 3 heterocycles. The van der Waals surface area contributed by atoms with E-state index < -0.39 is 84.6 Å². The van der Waals surface area contributed by atoms with Crippen LogP contribution in [0.25, 0.3) is 11.2 Å². The van der Waals surface area contributed by atoms with Crippen LogP contribution >= 0.6 is 36.1 Å². The summed E-state index contributed by atoms with van der Waals surface area (Å²) in [5.41, 5.74) is 4.10. The number of rotatable bonds is 18. The van der Waals surface area contributed by atoms with Crippen LogP contribution in [0.5, 0.6) is 0 Å². The molecule has 0 spiro atoms. The SMILES string of the molecule is CC(C)(COP(=O)([O-])OP(=O)([O-])OC[C@H]1O[C@@H](n2cnc3c(N)ncnc32)C(O)C1OP(=O)([O-])[O-])[C@@H](O)C(=O)NCCC(=O)NCCS. The van der Waals surface area contributed by atoms with E-state index in [-0.39, 0.29) is 29.9 Å². The van der Waals surface area contributed by atoms with Gasteiger partial charge in [-0.3, -0.25) is 23.3 Å². The quantitative estimate of drug-likeness (QED) is 0.0619. The summed E-state index contributed by atoms with van der Waals surface area (Å²) in [6.07, 6.45) is -7.41. The molecule has 23 nitrogen and oxygen atoms in total. The van der Waals surface area contributed by atoms with Crippen LogP contribution in [-0.4, -0.2) is 98.0 Å². The van der Waals surface area contributed by atoms with Gasteiger partial charge in [0.05, 0.1) is 27.4 Å². The number of carbonyl (C=O) groups excluding carboxylic acids is 2. The molecule has 6 N–H and O–H groups in total. The molecule has 0 saturated carbocycles. The average molecular weight is 764 g/mol. The Morgan fingerprint density at radius 1 is 1.12 bits per heavy atom. The van der Waals surface area contributed by atoms with Crippen molar-refractivity contribution in [2.45, 2.75) is 50.9 Å². The molecule has 272 valence electrons. The number of ether oxygens (including phenoxy) is 1. The Bertz CT molecular complexity index is 1590. The van der Waals surface area contributed by atoms with Gasteiger partial charge in [-0.1, -0.05) is 13.8 Å². The number of aromatic nitrogens is 4. The third-order valence-electron chi connectivity index (χ3n) is 6.49. The van der Waals surface area contributed by atoms with Crippen molar-refractivity contribution >= 4 is 64.9 Å². The average Bonchev–Trinajstić information content (AvgIpc) is 3.54. The second kappa shape index (κ2) is 16.3. The van der Waals surface area contributed by atoms with Crippen LogP contribution in [0.3, 0.4) is 0 Å². The van der Waals surface area contributed by atoms with Crippen molar-refractivity contribution in [2.75, 3.05) is 37.8 Å². The summed E-state index contributed by atoms with van der Waals surface area (Å²) in [5, 5.41) is 25.9. The third kappa shape index (κ3) is 11.2. The number of aliphatic hydroxyl groups excluding tert-OH is 2. The van der Waals surface area contributed by atoms with Gasteiger partial charge in [-0.15, -0.1) is 0 Å². The highest BCUT2D eigenvalue weighted by Crippen LogP contribution is 2.56. The molecule has 7 atom stereocenters. The second-order valence-electron chi connectivity index (χ2n) is 10.7. The number of imidazole rings is 1. The Morgan fingerprint density at radius 3 is 2.44 bits per heavy atom. The lowest BCUT2D eigenvalue weighted by Gasteiger charge is -2.36. The zero-order chi connectivity index (χ0) is 36.1. The zero-order valence-corrected chi connectivity index (χ0v) is 28.6. The number of hydrogen-bond acceptors (Lipinski definition) is 21. The summed E-state index contributed by atoms with van der Waals surface area (Å²) in [6, 6.07) is 0. The van der Waals surface area contributed by atoms with E-state index in [4.69, 9.17) is 10.5 Å². The number of phosphoric ester groups is 3. The molecular weight excluding hydrogens is 731 g/mol. The molecule has 4 unspecified atom stereocenters. The van der Waals surface area contributed by atoms with Gasteiger partial charge < -0.3 is 69.0 Å². The maximum atomic E-state index is 12.4. The number of nitrogen functional groups attached to an aromatic ring is 1. The maximum Gasteiger partial charge on any atom is 0.274 e. The lowest BCUT2D eigenvalue weighted by atomic mass is 9.87. The van der Waals surface area contributed by atoms with E-state index >= 15 is 0 Å². The molecule has 1 aliphatic heterocycles. The Hall–Kier alpha value is -2.11. The highest BCUT2D eigenvalue weighted by molar-refractivity contribution is 7.80. The molecule has 48 heavy (non-hydrogen) atoms. The zero-order valence-electron chi connectivity index (χ0n) is 25.0. The van der Waals surface area contributed by atoms with Gasteiger partial charge in [0.25, 0.3) is 15.6 Å². The van der Waals surface area contributed by atoms with Gasteiger partial charge in [0.1, 0.15) is 36.3 Å². The Kier molecular flexibility index (Phi) is 13.7. The summed E-state index contributed by atoms with van der Waals surface area (Å²) < 4.78 is 60.1. The van der Waals surface area contributed by atoms with E-state index in [2.05, 4.69) is 56.1 Å². The number of fused-ring (bicyclic) bond motifs is 1. The number of thiol groups is 1. The summed E-state index contributed by atoms with van der Waals surface area (Å²) in [4.78, 5) is 83.0. The first-order chi connectivity index (χ1) is 22.2. The van der Waals surface area contributed by atoms with Gasteiger partial charge in [0.15, 0.2) is 17.7 Å². The maximum absolute atomic E-state index is 12.4. The van der Waals surface area contributed by atoms with E-state index in [0.717, 1.165) is 17.2 Å². The number of nitrogens with two attached hydrogens (primary N) is 1. The van der Waals surface area contributed by atoms with Gasteiger partial charge in [-0.05, 0) is 0 Å².